The maximum atomic E-state index is 13.7. The zero-order valence-electron chi connectivity index (χ0n) is 16.0. The molecule has 1 heterocycles. The highest BCUT2D eigenvalue weighted by atomic mass is 19.1. The van der Waals surface area contributed by atoms with Crippen LogP contribution in [0.2, 0.25) is 0 Å². The minimum Gasteiger partial charge on any atom is -0.486 e. The fourth-order valence-electron chi connectivity index (χ4n) is 2.98. The van der Waals surface area contributed by atoms with Crippen LogP contribution in [0.4, 0.5) is 10.1 Å². The standard InChI is InChI=1S/C20H21FN2O6/c1-12(2)20(13-3-6-17-18(9-13)28-8-7-27-17)22-19(24)11-29-14-4-5-16(23(25)26)15(21)10-14/h3-6,9-10,12,20H,7-8,11H2,1-2H3,(H,22,24). The van der Waals surface area contributed by atoms with Crippen LogP contribution in [0.5, 0.6) is 17.2 Å². The van der Waals surface area contributed by atoms with Crippen LogP contribution in [0.25, 0.3) is 0 Å². The van der Waals surface area contributed by atoms with E-state index in [0.717, 1.165) is 17.7 Å². The molecule has 8 nitrogen and oxygen atoms in total. The quantitative estimate of drug-likeness (QED) is 0.561. The Bertz CT molecular complexity index is 918. The molecule has 2 aromatic carbocycles. The number of amides is 1. The van der Waals surface area contributed by atoms with E-state index < -0.39 is 22.3 Å². The number of fused-ring (bicyclic) bond motifs is 1. The molecule has 1 N–H and O–H groups in total. The average molecular weight is 404 g/mol. The fraction of sp³-hybridized carbons (Fsp3) is 0.350. The van der Waals surface area contributed by atoms with Gasteiger partial charge in [0.05, 0.1) is 11.0 Å². The number of nitro benzene ring substituents is 1. The number of halogens is 1. The number of carbonyl (C=O) groups excluding carboxylic acids is 1. The maximum Gasteiger partial charge on any atom is 0.305 e. The Kier molecular flexibility index (Phi) is 6.16. The second-order valence-corrected chi connectivity index (χ2v) is 6.85. The lowest BCUT2D eigenvalue weighted by atomic mass is 9.95. The van der Waals surface area contributed by atoms with Gasteiger partial charge in [0, 0.05) is 12.1 Å². The predicted octanol–water partition coefficient (Wildman–Crippen LogP) is 3.40. The Balaban J connectivity index is 1.64. The molecule has 0 bridgehead atoms. The van der Waals surface area contributed by atoms with Gasteiger partial charge >= 0.3 is 5.69 Å². The molecule has 1 aliphatic heterocycles. The number of hydrogen-bond donors (Lipinski definition) is 1. The first-order valence-corrected chi connectivity index (χ1v) is 9.11. The van der Waals surface area contributed by atoms with Crippen molar-refractivity contribution in [2.24, 2.45) is 5.92 Å². The summed E-state index contributed by atoms with van der Waals surface area (Å²) in [6.45, 7) is 4.54. The Morgan fingerprint density at radius 3 is 2.59 bits per heavy atom. The van der Waals surface area contributed by atoms with E-state index in [0.29, 0.717) is 24.7 Å². The molecule has 0 aromatic heterocycles. The predicted molar refractivity (Wildman–Crippen MR) is 102 cm³/mol. The first kappa shape index (κ1) is 20.4. The fourth-order valence-corrected chi connectivity index (χ4v) is 2.98. The average Bonchev–Trinajstić information content (AvgIpc) is 2.69. The van der Waals surface area contributed by atoms with Crippen LogP contribution in [0, 0.1) is 21.8 Å². The van der Waals surface area contributed by atoms with Crippen molar-refractivity contribution in [1.29, 1.82) is 0 Å². The van der Waals surface area contributed by atoms with Gasteiger partial charge in [0.1, 0.15) is 19.0 Å². The number of nitro groups is 1. The molecule has 2 aromatic rings. The van der Waals surface area contributed by atoms with Crippen LogP contribution < -0.4 is 19.5 Å². The molecule has 9 heteroatoms. The summed E-state index contributed by atoms with van der Waals surface area (Å²) in [6.07, 6.45) is 0. The third kappa shape index (κ3) is 4.92. The second kappa shape index (κ2) is 8.76. The van der Waals surface area contributed by atoms with Crippen LogP contribution in [0.1, 0.15) is 25.5 Å². The third-order valence-electron chi connectivity index (χ3n) is 4.39. The van der Waals surface area contributed by atoms with Gasteiger partial charge in [-0.05, 0) is 29.7 Å². The van der Waals surface area contributed by atoms with E-state index in [-0.39, 0.29) is 24.3 Å². The Hall–Kier alpha value is -3.36. The highest BCUT2D eigenvalue weighted by Gasteiger charge is 2.22. The summed E-state index contributed by atoms with van der Waals surface area (Å²) in [5.74, 6) is -0.0211. The summed E-state index contributed by atoms with van der Waals surface area (Å²) in [7, 11) is 0. The van der Waals surface area contributed by atoms with E-state index in [1.165, 1.54) is 6.07 Å². The van der Waals surface area contributed by atoms with Gasteiger partial charge in [-0.1, -0.05) is 19.9 Å². The van der Waals surface area contributed by atoms with Crippen LogP contribution in [-0.2, 0) is 4.79 Å². The maximum absolute atomic E-state index is 13.7. The SMILES string of the molecule is CC(C)C(NC(=O)COc1ccc([N+](=O)[O-])c(F)c1)c1ccc2c(c1)OCCO2. The summed E-state index contributed by atoms with van der Waals surface area (Å²) < 4.78 is 30.0. The van der Waals surface area contributed by atoms with E-state index in [2.05, 4.69) is 5.32 Å². The third-order valence-corrected chi connectivity index (χ3v) is 4.39. The molecule has 0 saturated carbocycles. The lowest BCUT2D eigenvalue weighted by Crippen LogP contribution is -2.35. The second-order valence-electron chi connectivity index (χ2n) is 6.85. The summed E-state index contributed by atoms with van der Waals surface area (Å²) in [5, 5.41) is 13.5. The van der Waals surface area contributed by atoms with Crippen molar-refractivity contribution in [1.82, 2.24) is 5.32 Å². The van der Waals surface area contributed by atoms with Gasteiger partial charge in [-0.15, -0.1) is 0 Å². The van der Waals surface area contributed by atoms with E-state index >= 15 is 0 Å². The number of nitrogens with zero attached hydrogens (tertiary/aromatic N) is 1. The van der Waals surface area contributed by atoms with Crippen molar-refractivity contribution in [3.63, 3.8) is 0 Å². The minimum absolute atomic E-state index is 0.0312. The Labute approximate surface area is 166 Å². The number of benzene rings is 2. The van der Waals surface area contributed by atoms with E-state index in [1.54, 1.807) is 0 Å². The van der Waals surface area contributed by atoms with Crippen LogP contribution in [0.15, 0.2) is 36.4 Å². The minimum atomic E-state index is -1.02. The summed E-state index contributed by atoms with van der Waals surface area (Å²) in [4.78, 5) is 22.2. The Morgan fingerprint density at radius 1 is 1.21 bits per heavy atom. The molecule has 0 radical (unpaired) electrons. The molecule has 1 atom stereocenters. The molecule has 0 fully saturated rings. The van der Waals surface area contributed by atoms with Gasteiger partial charge in [-0.2, -0.15) is 4.39 Å². The van der Waals surface area contributed by atoms with Crippen molar-refractivity contribution in [3.8, 4) is 17.2 Å². The first-order valence-electron chi connectivity index (χ1n) is 9.11. The van der Waals surface area contributed by atoms with Crippen LogP contribution in [0.3, 0.4) is 0 Å². The molecule has 1 unspecified atom stereocenters. The molecule has 0 aliphatic carbocycles. The van der Waals surface area contributed by atoms with Crippen LogP contribution in [-0.4, -0.2) is 30.7 Å². The smallest absolute Gasteiger partial charge is 0.305 e. The van der Waals surface area contributed by atoms with Crippen molar-refractivity contribution in [3.05, 3.63) is 57.9 Å². The van der Waals surface area contributed by atoms with Crippen molar-refractivity contribution < 1.29 is 28.3 Å². The summed E-state index contributed by atoms with van der Waals surface area (Å²) >= 11 is 0. The van der Waals surface area contributed by atoms with E-state index in [9.17, 15) is 19.3 Å². The number of rotatable bonds is 7. The first-order chi connectivity index (χ1) is 13.8. The molecule has 0 spiro atoms. The molecular formula is C20H21FN2O6. The zero-order chi connectivity index (χ0) is 21.0. The van der Waals surface area contributed by atoms with Crippen molar-refractivity contribution in [2.75, 3.05) is 19.8 Å². The molecule has 29 heavy (non-hydrogen) atoms. The summed E-state index contributed by atoms with van der Waals surface area (Å²) in [6, 6.07) is 8.34. The van der Waals surface area contributed by atoms with Gasteiger partial charge in [-0.3, -0.25) is 14.9 Å². The molecular weight excluding hydrogens is 383 g/mol. The largest absolute Gasteiger partial charge is 0.486 e. The monoisotopic (exact) mass is 404 g/mol. The lowest BCUT2D eigenvalue weighted by molar-refractivity contribution is -0.387. The Morgan fingerprint density at radius 2 is 1.93 bits per heavy atom. The lowest BCUT2D eigenvalue weighted by Gasteiger charge is -2.25. The summed E-state index contributed by atoms with van der Waals surface area (Å²) in [5.41, 5.74) is 0.208. The van der Waals surface area contributed by atoms with Gasteiger partial charge in [-0.25, -0.2) is 0 Å². The normalized spacial score (nSPS) is 13.7. The molecule has 3 rings (SSSR count). The molecule has 0 saturated heterocycles. The van der Waals surface area contributed by atoms with E-state index in [4.69, 9.17) is 14.2 Å². The number of nitrogens with one attached hydrogen (secondary N) is 1. The van der Waals surface area contributed by atoms with E-state index in [1.807, 2.05) is 32.0 Å². The van der Waals surface area contributed by atoms with Gasteiger partial charge in [0.25, 0.3) is 5.91 Å². The highest BCUT2D eigenvalue weighted by molar-refractivity contribution is 5.78. The molecule has 1 amide bonds. The van der Waals surface area contributed by atoms with Crippen molar-refractivity contribution >= 4 is 11.6 Å². The van der Waals surface area contributed by atoms with Gasteiger partial charge in [0.15, 0.2) is 18.1 Å². The van der Waals surface area contributed by atoms with Gasteiger partial charge < -0.3 is 19.5 Å². The number of carbonyl (C=O) groups is 1. The zero-order valence-corrected chi connectivity index (χ0v) is 16.0. The number of ether oxygens (including phenoxy) is 3. The highest BCUT2D eigenvalue weighted by Crippen LogP contribution is 2.34. The molecule has 154 valence electrons. The van der Waals surface area contributed by atoms with Crippen molar-refractivity contribution in [2.45, 2.75) is 19.9 Å². The number of hydrogen-bond acceptors (Lipinski definition) is 6. The van der Waals surface area contributed by atoms with Crippen LogP contribution >= 0.6 is 0 Å². The molecule has 1 aliphatic rings. The van der Waals surface area contributed by atoms with Gasteiger partial charge in [0.2, 0.25) is 5.82 Å². The topological polar surface area (TPSA) is 99.9 Å².